The largest absolute Gasteiger partial charge is 0.382 e. The normalized spacial score (nSPS) is 10.9. The van der Waals surface area contributed by atoms with Crippen LogP contribution in [0.1, 0.15) is 54.4 Å². The minimum Gasteiger partial charge on any atom is -0.382 e. The number of rotatable bonds is 11. The summed E-state index contributed by atoms with van der Waals surface area (Å²) in [5.74, 6) is -0.783. The van der Waals surface area contributed by atoms with E-state index in [1.165, 1.54) is 41.2 Å². The Morgan fingerprint density at radius 1 is 1.16 bits per heavy atom. The molecule has 0 fully saturated rings. The van der Waals surface area contributed by atoms with Crippen molar-refractivity contribution in [1.29, 1.82) is 5.41 Å². The maximum absolute atomic E-state index is 13.7. The van der Waals surface area contributed by atoms with Crippen molar-refractivity contribution in [2.45, 2.75) is 32.6 Å². The molecule has 3 N–H and O–H groups in total. The molecular formula is C22H26F2N6O. The summed E-state index contributed by atoms with van der Waals surface area (Å²) in [5.41, 5.74) is 1.81. The number of hydrogen-bond donors (Lipinski definition) is 3. The van der Waals surface area contributed by atoms with Gasteiger partial charge >= 0.3 is 0 Å². The summed E-state index contributed by atoms with van der Waals surface area (Å²) in [6.07, 6.45) is 8.28. The molecule has 31 heavy (non-hydrogen) atoms. The molecular weight excluding hydrogens is 402 g/mol. The molecule has 0 atom stereocenters. The van der Waals surface area contributed by atoms with Crippen molar-refractivity contribution in [2.24, 2.45) is 0 Å². The van der Waals surface area contributed by atoms with Gasteiger partial charge in [0.05, 0.1) is 17.6 Å². The van der Waals surface area contributed by atoms with Gasteiger partial charge in [-0.05, 0) is 24.6 Å². The van der Waals surface area contributed by atoms with Gasteiger partial charge in [-0.1, -0.05) is 26.2 Å². The fourth-order valence-corrected chi connectivity index (χ4v) is 3.23. The summed E-state index contributed by atoms with van der Waals surface area (Å²) in [6, 6.07) is 4.31. The van der Waals surface area contributed by atoms with E-state index in [1.807, 2.05) is 0 Å². The number of nitrogens with zero attached hydrogens (tertiary/aromatic N) is 3. The summed E-state index contributed by atoms with van der Waals surface area (Å²) in [5, 5.41) is 14.4. The number of alkyl halides is 1. The molecule has 0 saturated heterocycles. The van der Waals surface area contributed by atoms with Crippen LogP contribution in [-0.4, -0.2) is 45.8 Å². The molecule has 0 saturated carbocycles. The highest BCUT2D eigenvalue weighted by Gasteiger charge is 2.18. The third kappa shape index (κ3) is 5.42. The van der Waals surface area contributed by atoms with Gasteiger partial charge in [0.25, 0.3) is 5.91 Å². The van der Waals surface area contributed by atoms with Crippen molar-refractivity contribution >= 4 is 23.0 Å². The number of unbranched alkanes of at least 4 members (excludes halogenated alkanes) is 3. The SMILES string of the molecule is CCCCCCNC(=O)c1cc(NCCF)c(C(=N)c2cnc3ccc(F)cn23)cn1. The molecule has 0 aliphatic heterocycles. The van der Waals surface area contributed by atoms with E-state index in [9.17, 15) is 13.6 Å². The number of fused-ring (bicyclic) bond motifs is 1. The van der Waals surface area contributed by atoms with E-state index >= 15 is 0 Å². The summed E-state index contributed by atoms with van der Waals surface area (Å²) in [6.45, 7) is 2.08. The number of hydrogen-bond acceptors (Lipinski definition) is 5. The maximum Gasteiger partial charge on any atom is 0.269 e. The lowest BCUT2D eigenvalue weighted by molar-refractivity contribution is 0.0948. The standard InChI is InChI=1S/C22H26F2N6O/c1-2-3-4-5-9-27-22(31)18-11-17(26-10-8-23)16(12-28-18)21(25)19-13-29-20-7-6-15(24)14-30(19)20/h6-7,11-14,25H,2-5,8-10H2,1H3,(H,26,28)(H,27,31). The van der Waals surface area contributed by atoms with Crippen LogP contribution in [-0.2, 0) is 0 Å². The fourth-order valence-electron chi connectivity index (χ4n) is 3.23. The van der Waals surface area contributed by atoms with E-state index in [2.05, 4.69) is 27.5 Å². The van der Waals surface area contributed by atoms with Gasteiger partial charge in [-0.3, -0.25) is 19.6 Å². The fraction of sp³-hybridized carbons (Fsp3) is 0.364. The molecule has 9 heteroatoms. The Bertz CT molecular complexity index is 1070. The van der Waals surface area contributed by atoms with Crippen molar-refractivity contribution in [3.63, 3.8) is 0 Å². The van der Waals surface area contributed by atoms with Crippen molar-refractivity contribution in [2.75, 3.05) is 25.1 Å². The predicted octanol–water partition coefficient (Wildman–Crippen LogP) is 3.98. The Morgan fingerprint density at radius 2 is 2.00 bits per heavy atom. The summed E-state index contributed by atoms with van der Waals surface area (Å²) in [4.78, 5) is 20.8. The first-order valence-electron chi connectivity index (χ1n) is 10.3. The van der Waals surface area contributed by atoms with E-state index < -0.39 is 12.5 Å². The number of imidazole rings is 1. The van der Waals surface area contributed by atoms with Crippen LogP contribution in [0.5, 0.6) is 0 Å². The second-order valence-corrected chi connectivity index (χ2v) is 7.14. The maximum atomic E-state index is 13.7. The molecule has 3 aromatic rings. The molecule has 0 aliphatic rings. The highest BCUT2D eigenvalue weighted by atomic mass is 19.1. The lowest BCUT2D eigenvalue weighted by atomic mass is 10.1. The van der Waals surface area contributed by atoms with E-state index in [4.69, 9.17) is 5.41 Å². The molecule has 3 heterocycles. The van der Waals surface area contributed by atoms with Crippen LogP contribution in [0.15, 0.2) is 36.8 Å². The Morgan fingerprint density at radius 3 is 2.77 bits per heavy atom. The second kappa shape index (κ2) is 10.6. The minimum absolute atomic E-state index is 0.0180. The Labute approximate surface area is 179 Å². The van der Waals surface area contributed by atoms with Crippen molar-refractivity contribution in [3.8, 4) is 0 Å². The smallest absolute Gasteiger partial charge is 0.269 e. The van der Waals surface area contributed by atoms with Crippen LogP contribution >= 0.6 is 0 Å². The monoisotopic (exact) mass is 428 g/mol. The number of aromatic nitrogens is 3. The van der Waals surface area contributed by atoms with Crippen LogP contribution in [0.3, 0.4) is 0 Å². The molecule has 0 unspecified atom stereocenters. The van der Waals surface area contributed by atoms with Crippen molar-refractivity contribution in [1.82, 2.24) is 19.7 Å². The molecule has 0 radical (unpaired) electrons. The van der Waals surface area contributed by atoms with Crippen LogP contribution in [0, 0.1) is 11.2 Å². The predicted molar refractivity (Wildman–Crippen MR) is 116 cm³/mol. The first-order chi connectivity index (χ1) is 15.0. The number of carbonyl (C=O) groups excluding carboxylic acids is 1. The average Bonchev–Trinajstić information content (AvgIpc) is 3.19. The topological polar surface area (TPSA) is 95.2 Å². The Balaban J connectivity index is 1.84. The zero-order valence-corrected chi connectivity index (χ0v) is 17.4. The molecule has 0 aliphatic carbocycles. The van der Waals surface area contributed by atoms with Gasteiger partial charge in [-0.2, -0.15) is 0 Å². The number of anilines is 1. The molecule has 3 aromatic heterocycles. The van der Waals surface area contributed by atoms with Gasteiger partial charge in [0.2, 0.25) is 0 Å². The van der Waals surface area contributed by atoms with Crippen molar-refractivity contribution in [3.05, 3.63) is 59.6 Å². The average molecular weight is 428 g/mol. The summed E-state index contributed by atoms with van der Waals surface area (Å²) in [7, 11) is 0. The van der Waals surface area contributed by atoms with Gasteiger partial charge in [0, 0.05) is 36.7 Å². The summed E-state index contributed by atoms with van der Waals surface area (Å²) >= 11 is 0. The molecule has 3 rings (SSSR count). The van der Waals surface area contributed by atoms with Gasteiger partial charge in [-0.25, -0.2) is 13.8 Å². The number of nitrogens with one attached hydrogen (secondary N) is 3. The minimum atomic E-state index is -0.616. The van der Waals surface area contributed by atoms with Gasteiger partial charge in [-0.15, -0.1) is 0 Å². The van der Waals surface area contributed by atoms with Gasteiger partial charge < -0.3 is 10.6 Å². The number of halogens is 2. The quantitative estimate of drug-likeness (QED) is 0.318. The molecule has 0 aromatic carbocycles. The number of carbonyl (C=O) groups is 1. The van der Waals surface area contributed by atoms with Gasteiger partial charge in [0.1, 0.15) is 23.8 Å². The third-order valence-electron chi connectivity index (χ3n) is 4.86. The first-order valence-corrected chi connectivity index (χ1v) is 10.3. The molecule has 164 valence electrons. The lowest BCUT2D eigenvalue weighted by Gasteiger charge is -2.13. The van der Waals surface area contributed by atoms with Crippen LogP contribution in [0.25, 0.3) is 5.65 Å². The van der Waals surface area contributed by atoms with Crippen molar-refractivity contribution < 1.29 is 13.6 Å². The Hall–Kier alpha value is -3.36. The molecule has 0 bridgehead atoms. The second-order valence-electron chi connectivity index (χ2n) is 7.14. The first kappa shape index (κ1) is 22.3. The van der Waals surface area contributed by atoms with E-state index in [0.29, 0.717) is 29.1 Å². The lowest BCUT2D eigenvalue weighted by Crippen LogP contribution is -2.26. The zero-order valence-electron chi connectivity index (χ0n) is 17.4. The Kier molecular flexibility index (Phi) is 7.64. The van der Waals surface area contributed by atoms with E-state index in [1.54, 1.807) is 0 Å². The highest BCUT2D eigenvalue weighted by Crippen LogP contribution is 2.21. The van der Waals surface area contributed by atoms with Gasteiger partial charge in [0.15, 0.2) is 0 Å². The molecule has 7 nitrogen and oxygen atoms in total. The molecule has 0 spiro atoms. The zero-order chi connectivity index (χ0) is 22.2. The summed E-state index contributed by atoms with van der Waals surface area (Å²) < 4.78 is 28.0. The molecule has 1 amide bonds. The van der Waals surface area contributed by atoms with E-state index in [0.717, 1.165) is 25.7 Å². The van der Waals surface area contributed by atoms with Crippen LogP contribution in [0.4, 0.5) is 14.5 Å². The van der Waals surface area contributed by atoms with E-state index in [-0.39, 0.29) is 23.9 Å². The van der Waals surface area contributed by atoms with Crippen LogP contribution < -0.4 is 10.6 Å². The number of amides is 1. The van der Waals surface area contributed by atoms with Crippen LogP contribution in [0.2, 0.25) is 0 Å². The number of pyridine rings is 2. The third-order valence-corrected chi connectivity index (χ3v) is 4.86. The highest BCUT2D eigenvalue weighted by molar-refractivity contribution is 6.13.